The lowest BCUT2D eigenvalue weighted by Crippen LogP contribution is -2.35. The molecule has 5 rings (SSSR count). The molecule has 2 aromatic carbocycles. The highest BCUT2D eigenvalue weighted by Gasteiger charge is 2.61. The van der Waals surface area contributed by atoms with E-state index < -0.39 is 0 Å². The maximum atomic E-state index is 12.9. The number of likely N-dealkylation sites (tertiary alicyclic amines) is 1. The molecule has 1 N–H and O–H groups in total. The number of nitrogens with one attached hydrogen (secondary N) is 1. The number of nitriles is 1. The maximum Gasteiger partial charge on any atom is 0.275 e. The number of piperazine rings is 1. The summed E-state index contributed by atoms with van der Waals surface area (Å²) in [5.74, 6) is -0.0693. The first-order chi connectivity index (χ1) is 14.2. The Balaban J connectivity index is 1.37. The maximum absolute atomic E-state index is 12.9. The van der Waals surface area contributed by atoms with Crippen LogP contribution in [0.2, 0.25) is 0 Å². The van der Waals surface area contributed by atoms with Crippen molar-refractivity contribution >= 4 is 17.7 Å². The van der Waals surface area contributed by atoms with Gasteiger partial charge in [0.15, 0.2) is 11.9 Å². The van der Waals surface area contributed by atoms with Crippen LogP contribution in [-0.4, -0.2) is 50.6 Å². The number of hydrogen-bond acceptors (Lipinski definition) is 5. The molecular weight excluding hydrogens is 382 g/mol. The average molecular weight is 401 g/mol. The van der Waals surface area contributed by atoms with Gasteiger partial charge < -0.3 is 9.80 Å². The van der Waals surface area contributed by atoms with E-state index in [4.69, 9.17) is 5.26 Å². The summed E-state index contributed by atoms with van der Waals surface area (Å²) in [5, 5.41) is 16.5. The van der Waals surface area contributed by atoms with E-state index in [1.165, 1.54) is 0 Å². The molecule has 0 radical (unpaired) electrons. The van der Waals surface area contributed by atoms with E-state index in [0.29, 0.717) is 12.2 Å². The number of aromatic nitrogens is 2. The van der Waals surface area contributed by atoms with Crippen molar-refractivity contribution in [1.82, 2.24) is 20.0 Å². The molecule has 3 atom stereocenters. The molecule has 6 nitrogen and oxygen atoms in total. The standard InChI is InChI=1S/C22H19N5OS/c1-14-21-19(12-26(14)13-23)27(21)22(28)18-11-17(24-25-18)16-9-5-6-10-20(16)29-15-7-3-2-4-8-15/h2-11,14,19,21H,12H2,1H3,(H,24,25)/t14?,19?,21-,27?/m0/s1. The number of fused-ring (bicyclic) bond motifs is 1. The smallest absolute Gasteiger partial charge is 0.275 e. The number of aromatic amines is 1. The van der Waals surface area contributed by atoms with Crippen molar-refractivity contribution in [2.24, 2.45) is 0 Å². The number of hydrogen-bond donors (Lipinski definition) is 1. The Labute approximate surface area is 173 Å². The molecule has 3 heterocycles. The van der Waals surface area contributed by atoms with E-state index in [0.717, 1.165) is 21.0 Å². The molecule has 2 saturated heterocycles. The van der Waals surface area contributed by atoms with Gasteiger partial charge in [0, 0.05) is 15.4 Å². The average Bonchev–Trinajstić information content (AvgIpc) is 3.07. The quantitative estimate of drug-likeness (QED) is 0.534. The van der Waals surface area contributed by atoms with Gasteiger partial charge in [-0.05, 0) is 31.2 Å². The third-order valence-electron chi connectivity index (χ3n) is 5.66. The van der Waals surface area contributed by atoms with Crippen LogP contribution in [0.25, 0.3) is 11.3 Å². The Bertz CT molecular complexity index is 1110. The highest BCUT2D eigenvalue weighted by atomic mass is 32.2. The second kappa shape index (κ2) is 6.98. The molecule has 144 valence electrons. The topological polar surface area (TPSA) is 75.8 Å². The molecule has 0 bridgehead atoms. The van der Waals surface area contributed by atoms with Crippen molar-refractivity contribution in [3.05, 3.63) is 66.4 Å². The van der Waals surface area contributed by atoms with Crippen molar-refractivity contribution in [3.8, 4) is 17.5 Å². The van der Waals surface area contributed by atoms with Crippen LogP contribution in [0, 0.1) is 11.5 Å². The molecular formula is C22H19N5OS. The fourth-order valence-corrected chi connectivity index (χ4v) is 5.10. The van der Waals surface area contributed by atoms with Gasteiger partial charge >= 0.3 is 0 Å². The van der Waals surface area contributed by atoms with E-state index in [1.807, 2.05) is 54.3 Å². The first-order valence-electron chi connectivity index (χ1n) is 9.54. The molecule has 2 aliphatic heterocycles. The minimum absolute atomic E-state index is 0.0651. The predicted octanol–water partition coefficient (Wildman–Crippen LogP) is 3.61. The molecule has 3 aromatic rings. The van der Waals surface area contributed by atoms with Gasteiger partial charge in [-0.2, -0.15) is 10.4 Å². The second-order valence-electron chi connectivity index (χ2n) is 7.34. The van der Waals surface area contributed by atoms with Crippen molar-refractivity contribution < 1.29 is 4.79 Å². The normalized spacial score (nSPS) is 22.3. The summed E-state index contributed by atoms with van der Waals surface area (Å²) in [5.41, 5.74) is 2.26. The molecule has 2 unspecified atom stereocenters. The SMILES string of the molecule is CC1[C@H]2C(CN1C#N)N2C(=O)c1cc(-c2ccccc2Sc2ccccc2)[nH]n1. The minimum atomic E-state index is -0.0693. The highest BCUT2D eigenvalue weighted by molar-refractivity contribution is 7.99. The number of nitrogens with zero attached hydrogens (tertiary/aromatic N) is 4. The molecule has 0 aliphatic carbocycles. The molecule has 2 aliphatic rings. The van der Waals surface area contributed by atoms with E-state index in [9.17, 15) is 4.79 Å². The van der Waals surface area contributed by atoms with E-state index in [2.05, 4.69) is 34.6 Å². The van der Waals surface area contributed by atoms with Crippen molar-refractivity contribution in [2.45, 2.75) is 34.8 Å². The van der Waals surface area contributed by atoms with Crippen LogP contribution < -0.4 is 0 Å². The van der Waals surface area contributed by atoms with Gasteiger partial charge in [0.1, 0.15) is 0 Å². The van der Waals surface area contributed by atoms with E-state index in [-0.39, 0.29) is 24.0 Å². The van der Waals surface area contributed by atoms with Crippen LogP contribution in [0.4, 0.5) is 0 Å². The Morgan fingerprint density at radius 1 is 1.21 bits per heavy atom. The molecule has 0 spiro atoms. The number of carbonyl (C=O) groups excluding carboxylic acids is 1. The predicted molar refractivity (Wildman–Crippen MR) is 110 cm³/mol. The summed E-state index contributed by atoms with van der Waals surface area (Å²) in [7, 11) is 0. The molecule has 1 aromatic heterocycles. The second-order valence-corrected chi connectivity index (χ2v) is 8.46. The molecule has 29 heavy (non-hydrogen) atoms. The van der Waals surface area contributed by atoms with Gasteiger partial charge in [-0.25, -0.2) is 0 Å². The number of amides is 1. The van der Waals surface area contributed by atoms with Gasteiger partial charge in [-0.1, -0.05) is 48.2 Å². The van der Waals surface area contributed by atoms with Gasteiger partial charge in [0.25, 0.3) is 5.91 Å². The molecule has 2 fully saturated rings. The third-order valence-corrected chi connectivity index (χ3v) is 6.74. The number of benzene rings is 2. The summed E-state index contributed by atoms with van der Waals surface area (Å²) >= 11 is 1.68. The first kappa shape index (κ1) is 17.8. The zero-order valence-corrected chi connectivity index (χ0v) is 16.6. The largest absolute Gasteiger partial charge is 0.323 e. The van der Waals surface area contributed by atoms with Crippen molar-refractivity contribution in [2.75, 3.05) is 6.54 Å². The zero-order chi connectivity index (χ0) is 20.0. The van der Waals surface area contributed by atoms with Gasteiger partial charge in [-0.15, -0.1) is 0 Å². The molecule has 1 amide bonds. The van der Waals surface area contributed by atoms with Crippen LogP contribution in [0.3, 0.4) is 0 Å². The van der Waals surface area contributed by atoms with Crippen LogP contribution in [0.1, 0.15) is 17.4 Å². The van der Waals surface area contributed by atoms with Gasteiger partial charge in [0.05, 0.1) is 30.4 Å². The number of carbonyl (C=O) groups is 1. The Morgan fingerprint density at radius 3 is 2.69 bits per heavy atom. The number of H-pyrrole nitrogens is 1. The lowest BCUT2D eigenvalue weighted by atomic mass is 10.1. The summed E-state index contributed by atoms with van der Waals surface area (Å²) < 4.78 is 0. The van der Waals surface area contributed by atoms with Crippen molar-refractivity contribution in [3.63, 3.8) is 0 Å². The van der Waals surface area contributed by atoms with Gasteiger partial charge in [0.2, 0.25) is 0 Å². The van der Waals surface area contributed by atoms with Crippen LogP contribution in [-0.2, 0) is 0 Å². The van der Waals surface area contributed by atoms with Crippen LogP contribution in [0.15, 0.2) is 70.5 Å². The first-order valence-corrected chi connectivity index (χ1v) is 10.4. The summed E-state index contributed by atoms with van der Waals surface area (Å²) in [6.07, 6.45) is 2.20. The summed E-state index contributed by atoms with van der Waals surface area (Å²) in [6, 6.07) is 20.4. The van der Waals surface area contributed by atoms with E-state index in [1.54, 1.807) is 16.7 Å². The van der Waals surface area contributed by atoms with Crippen LogP contribution in [0.5, 0.6) is 0 Å². The lowest BCUT2D eigenvalue weighted by Gasteiger charge is -2.20. The monoisotopic (exact) mass is 401 g/mol. The fraction of sp³-hybridized carbons (Fsp3) is 0.227. The lowest BCUT2D eigenvalue weighted by molar-refractivity contribution is 0.0827. The summed E-state index contributed by atoms with van der Waals surface area (Å²) in [4.78, 5) is 18.8. The van der Waals surface area contributed by atoms with E-state index >= 15 is 0 Å². The Kier molecular flexibility index (Phi) is 4.29. The Morgan fingerprint density at radius 2 is 1.97 bits per heavy atom. The zero-order valence-electron chi connectivity index (χ0n) is 15.8. The number of rotatable bonds is 4. The fourth-order valence-electron chi connectivity index (χ4n) is 4.12. The van der Waals surface area contributed by atoms with Gasteiger partial charge in [-0.3, -0.25) is 9.89 Å². The Hall–Kier alpha value is -3.24. The molecule has 0 saturated carbocycles. The minimum Gasteiger partial charge on any atom is -0.323 e. The molecule has 7 heteroatoms. The summed E-state index contributed by atoms with van der Waals surface area (Å²) in [6.45, 7) is 2.61. The highest BCUT2D eigenvalue weighted by Crippen LogP contribution is 2.41. The third kappa shape index (κ3) is 3.06. The van der Waals surface area contributed by atoms with Crippen molar-refractivity contribution in [1.29, 1.82) is 5.26 Å². The van der Waals surface area contributed by atoms with Crippen LogP contribution >= 0.6 is 11.8 Å².